The van der Waals surface area contributed by atoms with E-state index in [-0.39, 0.29) is 12.5 Å². The molecule has 6 nitrogen and oxygen atoms in total. The third-order valence-electron chi connectivity index (χ3n) is 4.52. The second kappa shape index (κ2) is 5.70. The Morgan fingerprint density at radius 3 is 2.50 bits per heavy atom. The van der Waals surface area contributed by atoms with Gasteiger partial charge < -0.3 is 20.1 Å². The average molecular weight is 306 g/mol. The normalized spacial score (nSPS) is 31.4. The molecule has 0 bridgehead atoms. The first-order chi connectivity index (χ1) is 10.3. The number of benzene rings is 1. The number of esters is 1. The lowest BCUT2D eigenvalue weighted by atomic mass is 9.74. The van der Waals surface area contributed by atoms with E-state index in [9.17, 15) is 14.7 Å². The van der Waals surface area contributed by atoms with E-state index in [0.717, 1.165) is 0 Å². The van der Waals surface area contributed by atoms with Gasteiger partial charge in [0.05, 0.1) is 6.61 Å². The maximum atomic E-state index is 12.7. The quantitative estimate of drug-likeness (QED) is 0.780. The van der Waals surface area contributed by atoms with E-state index < -0.39 is 23.2 Å². The van der Waals surface area contributed by atoms with Crippen molar-refractivity contribution in [3.8, 4) is 0 Å². The van der Waals surface area contributed by atoms with Crippen LogP contribution in [0.1, 0.15) is 19.4 Å². The van der Waals surface area contributed by atoms with Gasteiger partial charge in [0, 0.05) is 7.05 Å². The van der Waals surface area contributed by atoms with Crippen molar-refractivity contribution in [3.63, 3.8) is 0 Å². The number of rotatable bonds is 4. The fourth-order valence-electron chi connectivity index (χ4n) is 3.17. The van der Waals surface area contributed by atoms with Crippen LogP contribution in [0.2, 0.25) is 0 Å². The first kappa shape index (κ1) is 16.5. The van der Waals surface area contributed by atoms with Crippen molar-refractivity contribution in [2.45, 2.75) is 31.0 Å². The summed E-state index contributed by atoms with van der Waals surface area (Å²) in [4.78, 5) is 26.3. The minimum absolute atomic E-state index is 0.179. The van der Waals surface area contributed by atoms with E-state index in [0.29, 0.717) is 5.56 Å². The van der Waals surface area contributed by atoms with Crippen LogP contribution in [-0.4, -0.2) is 54.2 Å². The highest BCUT2D eigenvalue weighted by Gasteiger charge is 2.68. The van der Waals surface area contributed by atoms with Gasteiger partial charge in [0.25, 0.3) is 0 Å². The lowest BCUT2D eigenvalue weighted by Crippen LogP contribution is -2.62. The third-order valence-corrected chi connectivity index (χ3v) is 4.52. The van der Waals surface area contributed by atoms with Gasteiger partial charge in [-0.3, -0.25) is 4.79 Å². The van der Waals surface area contributed by atoms with Crippen molar-refractivity contribution >= 4 is 11.9 Å². The highest BCUT2D eigenvalue weighted by Crippen LogP contribution is 2.45. The van der Waals surface area contributed by atoms with Crippen molar-refractivity contribution in [1.82, 2.24) is 10.2 Å². The Morgan fingerprint density at radius 2 is 2.00 bits per heavy atom. The summed E-state index contributed by atoms with van der Waals surface area (Å²) < 4.78 is 5.08. The number of carbonyl (C=O) groups is 2. The van der Waals surface area contributed by atoms with Gasteiger partial charge in [-0.2, -0.15) is 0 Å². The summed E-state index contributed by atoms with van der Waals surface area (Å²) >= 11 is 0. The molecule has 1 aromatic rings. The molecule has 0 aromatic heterocycles. The molecule has 3 atom stereocenters. The summed E-state index contributed by atoms with van der Waals surface area (Å²) in [6.45, 7) is 3.46. The minimum Gasteiger partial charge on any atom is -0.464 e. The Balaban J connectivity index is 2.65. The van der Waals surface area contributed by atoms with Gasteiger partial charge in [0.15, 0.2) is 6.04 Å². The maximum Gasteiger partial charge on any atom is 0.332 e. The first-order valence-corrected chi connectivity index (χ1v) is 7.25. The number of nitrogens with zero attached hydrogens (tertiary/aromatic N) is 1. The Kier molecular flexibility index (Phi) is 4.26. The highest BCUT2D eigenvalue weighted by atomic mass is 16.5. The predicted molar refractivity (Wildman–Crippen MR) is 81.0 cm³/mol. The number of amides is 1. The van der Waals surface area contributed by atoms with E-state index >= 15 is 0 Å². The maximum absolute atomic E-state index is 12.7. The standard InChI is InChI=1S/C16H22N2O4/c1-5-22-13(19)12-16(21,11-9-7-6-8-10-11)15(2,17-3)14(20)18(12)4/h6-10,12,17,21H,5H2,1-4H3/t12-,15+,16+/m1/s1. The van der Waals surface area contributed by atoms with Crippen molar-refractivity contribution in [1.29, 1.82) is 0 Å². The van der Waals surface area contributed by atoms with Crippen LogP contribution in [0.3, 0.4) is 0 Å². The molecule has 2 rings (SSSR count). The average Bonchev–Trinajstić information content (AvgIpc) is 2.68. The summed E-state index contributed by atoms with van der Waals surface area (Å²) in [5.74, 6) is -0.983. The van der Waals surface area contributed by atoms with Crippen LogP contribution in [0.4, 0.5) is 0 Å². The van der Waals surface area contributed by atoms with E-state index in [1.165, 1.54) is 11.9 Å². The zero-order valence-corrected chi connectivity index (χ0v) is 13.3. The van der Waals surface area contributed by atoms with E-state index in [4.69, 9.17) is 4.74 Å². The van der Waals surface area contributed by atoms with Crippen LogP contribution >= 0.6 is 0 Å². The highest BCUT2D eigenvalue weighted by molar-refractivity contribution is 5.97. The van der Waals surface area contributed by atoms with Crippen molar-refractivity contribution < 1.29 is 19.4 Å². The van der Waals surface area contributed by atoms with Gasteiger partial charge in [0.1, 0.15) is 11.1 Å². The fourth-order valence-corrected chi connectivity index (χ4v) is 3.17. The molecule has 0 aliphatic carbocycles. The van der Waals surface area contributed by atoms with Gasteiger partial charge in [-0.25, -0.2) is 4.79 Å². The number of likely N-dealkylation sites (tertiary alicyclic amines) is 1. The Labute approximate surface area is 130 Å². The van der Waals surface area contributed by atoms with Gasteiger partial charge in [-0.1, -0.05) is 30.3 Å². The van der Waals surface area contributed by atoms with Crippen molar-refractivity contribution in [3.05, 3.63) is 35.9 Å². The van der Waals surface area contributed by atoms with E-state index in [1.807, 2.05) is 6.07 Å². The van der Waals surface area contributed by atoms with Gasteiger partial charge in [-0.05, 0) is 26.5 Å². The largest absolute Gasteiger partial charge is 0.464 e. The summed E-state index contributed by atoms with van der Waals surface area (Å²) in [6, 6.07) is 7.62. The molecular formula is C16H22N2O4. The van der Waals surface area contributed by atoms with Crippen molar-refractivity contribution in [2.24, 2.45) is 0 Å². The lowest BCUT2D eigenvalue weighted by Gasteiger charge is -2.39. The molecule has 0 saturated carbocycles. The van der Waals surface area contributed by atoms with Crippen LogP contribution in [-0.2, 0) is 19.9 Å². The van der Waals surface area contributed by atoms with Gasteiger partial charge in [0.2, 0.25) is 5.91 Å². The zero-order valence-electron chi connectivity index (χ0n) is 13.3. The molecule has 6 heteroatoms. The Morgan fingerprint density at radius 1 is 1.41 bits per heavy atom. The number of aliphatic hydroxyl groups is 1. The van der Waals surface area contributed by atoms with Crippen LogP contribution in [0.25, 0.3) is 0 Å². The molecule has 1 aromatic carbocycles. The topological polar surface area (TPSA) is 78.9 Å². The van der Waals surface area contributed by atoms with Crippen LogP contribution < -0.4 is 5.32 Å². The summed E-state index contributed by atoms with van der Waals surface area (Å²) in [5.41, 5.74) is -2.58. The molecule has 1 amide bonds. The zero-order chi connectivity index (χ0) is 16.5. The molecule has 1 heterocycles. The molecule has 1 fully saturated rings. The van der Waals surface area contributed by atoms with Crippen LogP contribution in [0.5, 0.6) is 0 Å². The molecule has 1 aliphatic heterocycles. The molecule has 120 valence electrons. The van der Waals surface area contributed by atoms with Crippen LogP contribution in [0.15, 0.2) is 30.3 Å². The molecular weight excluding hydrogens is 284 g/mol. The van der Waals surface area contributed by atoms with Crippen LogP contribution in [0, 0.1) is 0 Å². The smallest absolute Gasteiger partial charge is 0.332 e. The van der Waals surface area contributed by atoms with Crippen molar-refractivity contribution in [2.75, 3.05) is 20.7 Å². The lowest BCUT2D eigenvalue weighted by molar-refractivity contribution is -0.158. The van der Waals surface area contributed by atoms with E-state index in [2.05, 4.69) is 5.32 Å². The second-order valence-electron chi connectivity index (χ2n) is 5.58. The monoisotopic (exact) mass is 306 g/mol. The molecule has 1 aliphatic rings. The second-order valence-corrected chi connectivity index (χ2v) is 5.58. The number of ether oxygens (including phenoxy) is 1. The third kappa shape index (κ3) is 2.02. The number of nitrogens with one attached hydrogen (secondary N) is 1. The SMILES string of the molecule is CCOC(=O)[C@H]1N(C)C(=O)[C@](C)(NC)[C@]1(O)c1ccccc1. The molecule has 22 heavy (non-hydrogen) atoms. The number of carbonyl (C=O) groups excluding carboxylic acids is 2. The Hall–Kier alpha value is -1.92. The van der Waals surface area contributed by atoms with Gasteiger partial charge in [-0.15, -0.1) is 0 Å². The number of hydrogen-bond donors (Lipinski definition) is 2. The first-order valence-electron chi connectivity index (χ1n) is 7.25. The Bertz CT molecular complexity index is 577. The molecule has 0 radical (unpaired) electrons. The van der Waals surface area contributed by atoms with E-state index in [1.54, 1.807) is 45.2 Å². The molecule has 2 N–H and O–H groups in total. The molecule has 0 unspecified atom stereocenters. The molecule has 0 spiro atoms. The summed E-state index contributed by atoms with van der Waals surface area (Å²) in [7, 11) is 3.09. The number of likely N-dealkylation sites (N-methyl/N-ethyl adjacent to an activating group) is 2. The summed E-state index contributed by atoms with van der Waals surface area (Å²) in [5, 5.41) is 14.3. The van der Waals surface area contributed by atoms with Gasteiger partial charge >= 0.3 is 5.97 Å². The molecule has 1 saturated heterocycles. The fraction of sp³-hybridized carbons (Fsp3) is 0.500. The predicted octanol–water partition coefficient (Wildman–Crippen LogP) is 0.256. The minimum atomic E-state index is -1.74. The summed E-state index contributed by atoms with van der Waals surface area (Å²) in [6.07, 6.45) is 0. The number of hydrogen-bond acceptors (Lipinski definition) is 5.